The minimum atomic E-state index is -0.0326. The average molecular weight is 414 g/mol. The van der Waals surface area contributed by atoms with Gasteiger partial charge in [-0.15, -0.1) is 11.8 Å². The van der Waals surface area contributed by atoms with Gasteiger partial charge in [0, 0.05) is 10.6 Å². The highest BCUT2D eigenvalue weighted by Gasteiger charge is 2.30. The first-order valence-corrected chi connectivity index (χ1v) is 10.5. The molecule has 0 fully saturated rings. The Bertz CT molecular complexity index is 1000. The van der Waals surface area contributed by atoms with E-state index < -0.39 is 0 Å². The topological polar surface area (TPSA) is 56.1 Å². The largest absolute Gasteiger partial charge is 0.494 e. The number of benzene rings is 2. The Balaban J connectivity index is 1.80. The highest BCUT2D eigenvalue weighted by molar-refractivity contribution is 8.00. The molecule has 7 heteroatoms. The van der Waals surface area contributed by atoms with Crippen LogP contribution in [-0.2, 0) is 4.79 Å². The molecule has 0 bridgehead atoms. The van der Waals surface area contributed by atoms with Crippen LogP contribution in [-0.4, -0.2) is 28.0 Å². The van der Waals surface area contributed by atoms with Crippen molar-refractivity contribution in [2.75, 3.05) is 17.7 Å². The van der Waals surface area contributed by atoms with Gasteiger partial charge in [0.05, 0.1) is 29.0 Å². The Kier molecular flexibility index (Phi) is 5.33. The third-order valence-electron chi connectivity index (χ3n) is 4.57. The number of nitrogens with zero attached hydrogens (tertiary/aromatic N) is 2. The lowest BCUT2D eigenvalue weighted by Crippen LogP contribution is -2.15. The summed E-state index contributed by atoms with van der Waals surface area (Å²) in [5.74, 6) is 1.91. The maximum Gasteiger partial charge on any atom is 0.235 e. The molecule has 1 aromatic heterocycles. The van der Waals surface area contributed by atoms with E-state index in [4.69, 9.17) is 21.4 Å². The standard InChI is InChI=1S/C21H20ClN3O2S/c1-3-27-17-10-4-14(5-11-17)20-19-13(2)24-25(16-8-6-15(22)7-9-16)21(19)23-18(26)12-28-20/h4-11,20H,3,12H2,1-2H3,(H,23,26)/t20-/m0/s1. The van der Waals surface area contributed by atoms with Crippen molar-refractivity contribution in [2.24, 2.45) is 0 Å². The lowest BCUT2D eigenvalue weighted by molar-refractivity contribution is -0.113. The van der Waals surface area contributed by atoms with E-state index >= 15 is 0 Å². The van der Waals surface area contributed by atoms with Crippen LogP contribution < -0.4 is 10.1 Å². The molecule has 144 valence electrons. The number of halogens is 1. The number of amides is 1. The molecule has 5 nitrogen and oxygen atoms in total. The molecular formula is C21H20ClN3O2S. The lowest BCUT2D eigenvalue weighted by Gasteiger charge is -2.16. The quantitative estimate of drug-likeness (QED) is 0.653. The van der Waals surface area contributed by atoms with Crippen molar-refractivity contribution < 1.29 is 9.53 Å². The van der Waals surface area contributed by atoms with Crippen molar-refractivity contribution in [1.29, 1.82) is 0 Å². The average Bonchev–Trinajstić information content (AvgIpc) is 2.89. The molecule has 28 heavy (non-hydrogen) atoms. The van der Waals surface area contributed by atoms with E-state index in [-0.39, 0.29) is 11.2 Å². The van der Waals surface area contributed by atoms with Crippen molar-refractivity contribution in [1.82, 2.24) is 9.78 Å². The molecule has 0 saturated heterocycles. The molecular weight excluding hydrogens is 394 g/mol. The first-order valence-electron chi connectivity index (χ1n) is 9.06. The van der Waals surface area contributed by atoms with E-state index in [0.29, 0.717) is 23.2 Å². The van der Waals surface area contributed by atoms with Crippen LogP contribution in [0.5, 0.6) is 5.75 Å². The number of hydrogen-bond acceptors (Lipinski definition) is 4. The van der Waals surface area contributed by atoms with Gasteiger partial charge >= 0.3 is 0 Å². The molecule has 4 rings (SSSR count). The summed E-state index contributed by atoms with van der Waals surface area (Å²) in [5.41, 5.74) is 3.88. The van der Waals surface area contributed by atoms with Crippen molar-refractivity contribution in [3.63, 3.8) is 0 Å². The van der Waals surface area contributed by atoms with Crippen LogP contribution >= 0.6 is 23.4 Å². The van der Waals surface area contributed by atoms with Gasteiger partial charge in [-0.2, -0.15) is 5.10 Å². The summed E-state index contributed by atoms with van der Waals surface area (Å²) in [6.45, 7) is 4.57. The minimum Gasteiger partial charge on any atom is -0.494 e. The molecule has 0 aliphatic carbocycles. The van der Waals surface area contributed by atoms with Crippen LogP contribution in [0.4, 0.5) is 5.82 Å². The maximum atomic E-state index is 12.4. The minimum absolute atomic E-state index is 0.00526. The Labute approximate surface area is 173 Å². The number of carbonyl (C=O) groups is 1. The number of carbonyl (C=O) groups excluding carboxylic acids is 1. The summed E-state index contributed by atoms with van der Waals surface area (Å²) >= 11 is 7.63. The van der Waals surface area contributed by atoms with Gasteiger partial charge in [0.1, 0.15) is 11.6 Å². The number of fused-ring (bicyclic) bond motifs is 1. The summed E-state index contributed by atoms with van der Waals surface area (Å²) in [7, 11) is 0. The van der Waals surface area contributed by atoms with Crippen LogP contribution in [0.25, 0.3) is 5.69 Å². The molecule has 2 heterocycles. The Morgan fingerprint density at radius 1 is 1.21 bits per heavy atom. The summed E-state index contributed by atoms with van der Waals surface area (Å²) in [5, 5.41) is 8.41. The summed E-state index contributed by atoms with van der Waals surface area (Å²) in [4.78, 5) is 12.4. The fourth-order valence-corrected chi connectivity index (χ4v) is 4.64. The molecule has 0 saturated carbocycles. The molecule has 1 atom stereocenters. The van der Waals surface area contributed by atoms with E-state index in [1.807, 2.05) is 50.2 Å². The Morgan fingerprint density at radius 3 is 2.61 bits per heavy atom. The maximum absolute atomic E-state index is 12.4. The fourth-order valence-electron chi connectivity index (χ4n) is 3.32. The van der Waals surface area contributed by atoms with E-state index in [2.05, 4.69) is 17.4 Å². The molecule has 1 amide bonds. The van der Waals surface area contributed by atoms with E-state index in [9.17, 15) is 4.79 Å². The van der Waals surface area contributed by atoms with Crippen molar-refractivity contribution in [3.05, 3.63) is 70.4 Å². The third kappa shape index (κ3) is 3.62. The highest BCUT2D eigenvalue weighted by Crippen LogP contribution is 2.44. The van der Waals surface area contributed by atoms with Crippen molar-refractivity contribution in [3.8, 4) is 11.4 Å². The van der Waals surface area contributed by atoms with Gasteiger partial charge in [-0.25, -0.2) is 4.68 Å². The monoisotopic (exact) mass is 413 g/mol. The van der Waals surface area contributed by atoms with Gasteiger partial charge in [-0.05, 0) is 55.8 Å². The van der Waals surface area contributed by atoms with Crippen LogP contribution in [0.1, 0.15) is 29.0 Å². The number of hydrogen-bond donors (Lipinski definition) is 1. The number of ether oxygens (including phenoxy) is 1. The van der Waals surface area contributed by atoms with Gasteiger partial charge in [-0.1, -0.05) is 23.7 Å². The molecule has 1 aliphatic rings. The second-order valence-electron chi connectivity index (χ2n) is 6.48. The van der Waals surface area contributed by atoms with Gasteiger partial charge in [-0.3, -0.25) is 4.79 Å². The number of aryl methyl sites for hydroxylation is 1. The molecule has 2 aromatic carbocycles. The third-order valence-corrected chi connectivity index (χ3v) is 6.09. The lowest BCUT2D eigenvalue weighted by atomic mass is 10.0. The normalized spacial score (nSPS) is 16.2. The second kappa shape index (κ2) is 7.89. The highest BCUT2D eigenvalue weighted by atomic mass is 35.5. The molecule has 3 aromatic rings. The number of anilines is 1. The zero-order valence-electron chi connectivity index (χ0n) is 15.6. The summed E-state index contributed by atoms with van der Waals surface area (Å²) < 4.78 is 7.34. The van der Waals surface area contributed by atoms with E-state index in [1.165, 1.54) is 0 Å². The molecule has 1 aliphatic heterocycles. The zero-order valence-corrected chi connectivity index (χ0v) is 17.2. The Hall–Kier alpha value is -2.44. The van der Waals surface area contributed by atoms with Crippen molar-refractivity contribution in [2.45, 2.75) is 19.1 Å². The predicted molar refractivity (Wildman–Crippen MR) is 114 cm³/mol. The number of aromatic nitrogens is 2. The van der Waals surface area contributed by atoms with Gasteiger partial charge in [0.2, 0.25) is 5.91 Å². The van der Waals surface area contributed by atoms with E-state index in [0.717, 1.165) is 28.3 Å². The Morgan fingerprint density at radius 2 is 1.93 bits per heavy atom. The van der Waals surface area contributed by atoms with E-state index in [1.54, 1.807) is 16.4 Å². The summed E-state index contributed by atoms with van der Waals surface area (Å²) in [6.07, 6.45) is 0. The van der Waals surface area contributed by atoms with Gasteiger partial charge < -0.3 is 10.1 Å². The van der Waals surface area contributed by atoms with Gasteiger partial charge in [0.25, 0.3) is 0 Å². The molecule has 0 unspecified atom stereocenters. The second-order valence-corrected chi connectivity index (χ2v) is 8.01. The SMILES string of the molecule is CCOc1ccc([C@@H]2SCC(=O)Nc3c2c(C)nn3-c2ccc(Cl)cc2)cc1. The molecule has 0 spiro atoms. The van der Waals surface area contributed by atoms with Crippen molar-refractivity contribution >= 4 is 35.1 Å². The smallest absolute Gasteiger partial charge is 0.235 e. The fraction of sp³-hybridized carbons (Fsp3) is 0.238. The number of thioether (sulfide) groups is 1. The number of rotatable bonds is 4. The zero-order chi connectivity index (χ0) is 19.7. The van der Waals surface area contributed by atoms with Crippen LogP contribution in [0.15, 0.2) is 48.5 Å². The first-order chi connectivity index (χ1) is 13.6. The predicted octanol–water partition coefficient (Wildman–Crippen LogP) is 5.01. The van der Waals surface area contributed by atoms with Crippen LogP contribution in [0, 0.1) is 6.92 Å². The van der Waals surface area contributed by atoms with Gasteiger partial charge in [0.15, 0.2) is 0 Å². The molecule has 0 radical (unpaired) electrons. The first kappa shape index (κ1) is 18.9. The summed E-state index contributed by atoms with van der Waals surface area (Å²) in [6, 6.07) is 15.5. The van der Waals surface area contributed by atoms with Crippen LogP contribution in [0.3, 0.4) is 0 Å². The van der Waals surface area contributed by atoms with Crippen LogP contribution in [0.2, 0.25) is 5.02 Å². The molecule has 1 N–H and O–H groups in total. The number of nitrogens with one attached hydrogen (secondary N) is 1.